The van der Waals surface area contributed by atoms with E-state index in [1.165, 1.54) is 12.8 Å². The number of piperazine rings is 1. The van der Waals surface area contributed by atoms with Gasteiger partial charge in [0, 0.05) is 55.5 Å². The van der Waals surface area contributed by atoms with E-state index in [0.717, 1.165) is 75.9 Å². The molecule has 7 nitrogen and oxygen atoms in total. The maximum absolute atomic E-state index is 13.6. The van der Waals surface area contributed by atoms with Crippen LogP contribution in [-0.4, -0.2) is 101 Å². The first-order valence-corrected chi connectivity index (χ1v) is 12.6. The topological polar surface area (TPSA) is 62.9 Å². The van der Waals surface area contributed by atoms with Crippen LogP contribution in [-0.2, 0) is 4.79 Å². The summed E-state index contributed by atoms with van der Waals surface area (Å²) in [5.41, 5.74) is 1.37. The Hall–Kier alpha value is -2.38. The Morgan fingerprint density at radius 1 is 1.03 bits per heavy atom. The van der Waals surface area contributed by atoms with Gasteiger partial charge in [0.05, 0.1) is 1.37 Å². The van der Waals surface area contributed by atoms with Gasteiger partial charge in [-0.25, -0.2) is 0 Å². The van der Waals surface area contributed by atoms with Gasteiger partial charge in [0.1, 0.15) is 6.54 Å². The summed E-state index contributed by atoms with van der Waals surface area (Å²) in [5, 5.41) is 0.924. The molecule has 1 aromatic heterocycles. The van der Waals surface area contributed by atoms with E-state index in [1.54, 1.807) is 6.07 Å². The van der Waals surface area contributed by atoms with Crippen LogP contribution in [0.25, 0.3) is 10.9 Å². The van der Waals surface area contributed by atoms with Crippen molar-refractivity contribution in [3.05, 3.63) is 36.0 Å². The molecule has 1 saturated carbocycles. The van der Waals surface area contributed by atoms with E-state index >= 15 is 0 Å². The van der Waals surface area contributed by atoms with Crippen molar-refractivity contribution in [1.29, 1.82) is 0 Å². The Labute approximate surface area is 198 Å². The maximum Gasteiger partial charge on any atom is 0.254 e. The molecule has 3 fully saturated rings. The average Bonchev–Trinajstić information content (AvgIpc) is 3.51. The molecule has 0 radical (unpaired) electrons. The first-order chi connectivity index (χ1) is 16.5. The van der Waals surface area contributed by atoms with Crippen molar-refractivity contribution in [2.45, 2.75) is 50.6 Å². The van der Waals surface area contributed by atoms with Gasteiger partial charge in [0.15, 0.2) is 0 Å². The predicted octanol–water partition coefficient (Wildman–Crippen LogP) is 2.79. The van der Waals surface area contributed by atoms with E-state index in [9.17, 15) is 9.59 Å². The Balaban J connectivity index is 1.24. The lowest BCUT2D eigenvalue weighted by atomic mass is 10.0. The number of aromatic nitrogens is 1. The number of hydrogen-bond donors (Lipinski definition) is 1. The molecule has 2 saturated heterocycles. The van der Waals surface area contributed by atoms with Gasteiger partial charge in [0.25, 0.3) is 5.91 Å². The second-order valence-corrected chi connectivity index (χ2v) is 10.0. The number of H-pyrrole nitrogens is 1. The highest BCUT2D eigenvalue weighted by Gasteiger charge is 2.33. The standard InChI is InChI=1S/C26H37N5O2/c1-28-12-9-22(10-13-28)29-14-16-30(17-15-29)25(32)19-31(23-4-2-3-5-23)26(33)21-7-6-20-8-11-27-24(20)18-21/h6-8,11,18,22-23,27H,2-5,9-10,12-17,19H2,1H3/i11D. The number of aromatic amines is 1. The minimum absolute atomic E-state index is 0.0673. The fraction of sp³-hybridized carbons (Fsp3) is 0.615. The van der Waals surface area contributed by atoms with Gasteiger partial charge < -0.3 is 19.7 Å². The Kier molecular flexibility index (Phi) is 6.32. The SMILES string of the molecule is [2H]c1cc2ccc(C(=O)N(CC(=O)N3CCN(C4CCN(C)CC4)CC3)C3CCCC3)cc2[nH]1. The van der Waals surface area contributed by atoms with Crippen molar-refractivity contribution in [3.8, 4) is 0 Å². The third-order valence-corrected chi connectivity index (χ3v) is 7.94. The van der Waals surface area contributed by atoms with E-state index in [2.05, 4.69) is 21.8 Å². The molecular weight excluding hydrogens is 414 g/mol. The summed E-state index contributed by atoms with van der Waals surface area (Å²) in [5.74, 6) is -0.00841. The summed E-state index contributed by atoms with van der Waals surface area (Å²) >= 11 is 0. The molecule has 1 N–H and O–H groups in total. The van der Waals surface area contributed by atoms with E-state index in [4.69, 9.17) is 1.37 Å². The van der Waals surface area contributed by atoms with Crippen molar-refractivity contribution in [1.82, 2.24) is 24.6 Å². The predicted molar refractivity (Wildman–Crippen MR) is 130 cm³/mol. The zero-order valence-electron chi connectivity index (χ0n) is 20.8. The number of nitrogens with zero attached hydrogens (tertiary/aromatic N) is 4. The molecule has 1 aliphatic carbocycles. The highest BCUT2D eigenvalue weighted by molar-refractivity contribution is 5.99. The van der Waals surface area contributed by atoms with Crippen LogP contribution in [0.1, 0.15) is 50.3 Å². The van der Waals surface area contributed by atoms with Crippen LogP contribution in [0.3, 0.4) is 0 Å². The quantitative estimate of drug-likeness (QED) is 0.758. The molecule has 33 heavy (non-hydrogen) atoms. The van der Waals surface area contributed by atoms with Crippen molar-refractivity contribution in [3.63, 3.8) is 0 Å². The lowest BCUT2D eigenvalue weighted by molar-refractivity contribution is -0.134. The molecule has 0 atom stereocenters. The number of piperidine rings is 1. The number of rotatable bonds is 5. The second kappa shape index (κ2) is 9.85. The largest absolute Gasteiger partial charge is 0.361 e. The molecule has 1 aromatic carbocycles. The molecule has 3 heterocycles. The Bertz CT molecular complexity index is 1020. The van der Waals surface area contributed by atoms with Gasteiger partial charge in [-0.3, -0.25) is 14.5 Å². The minimum atomic E-state index is -0.0757. The van der Waals surface area contributed by atoms with Gasteiger partial charge in [-0.2, -0.15) is 0 Å². The van der Waals surface area contributed by atoms with E-state index < -0.39 is 0 Å². The Morgan fingerprint density at radius 2 is 1.76 bits per heavy atom. The van der Waals surface area contributed by atoms with E-state index in [-0.39, 0.29) is 24.4 Å². The molecule has 2 aliphatic heterocycles. The van der Waals surface area contributed by atoms with Gasteiger partial charge in [-0.15, -0.1) is 0 Å². The number of benzene rings is 1. The highest BCUT2D eigenvalue weighted by Crippen LogP contribution is 2.26. The first kappa shape index (κ1) is 21.2. The molecule has 2 aromatic rings. The van der Waals surface area contributed by atoms with Crippen LogP contribution in [0.5, 0.6) is 0 Å². The average molecular weight is 453 g/mol. The molecular formula is C26H37N5O2. The normalized spacial score (nSPS) is 22.1. The monoisotopic (exact) mass is 452 g/mol. The summed E-state index contributed by atoms with van der Waals surface area (Å²) in [4.78, 5) is 38.6. The smallest absolute Gasteiger partial charge is 0.254 e. The lowest BCUT2D eigenvalue weighted by Gasteiger charge is -2.42. The van der Waals surface area contributed by atoms with Crippen molar-refractivity contribution >= 4 is 22.7 Å². The van der Waals surface area contributed by atoms with Crippen molar-refractivity contribution < 1.29 is 11.0 Å². The lowest BCUT2D eigenvalue weighted by Crippen LogP contribution is -2.56. The van der Waals surface area contributed by atoms with Crippen LogP contribution in [0.2, 0.25) is 0 Å². The van der Waals surface area contributed by atoms with Crippen molar-refractivity contribution in [2.75, 3.05) is 52.9 Å². The third kappa shape index (κ3) is 4.94. The van der Waals surface area contributed by atoms with Gasteiger partial charge in [0.2, 0.25) is 5.91 Å². The number of hydrogen-bond acceptors (Lipinski definition) is 4. The molecule has 178 valence electrons. The Morgan fingerprint density at radius 3 is 2.48 bits per heavy atom. The van der Waals surface area contributed by atoms with Crippen LogP contribution >= 0.6 is 0 Å². The number of carbonyl (C=O) groups excluding carboxylic acids is 2. The summed E-state index contributed by atoms with van der Waals surface area (Å²) in [7, 11) is 2.19. The van der Waals surface area contributed by atoms with Crippen LogP contribution in [0.4, 0.5) is 0 Å². The van der Waals surface area contributed by atoms with Gasteiger partial charge in [-0.05, 0) is 69.4 Å². The summed E-state index contributed by atoms with van der Waals surface area (Å²) in [6.45, 7) is 5.81. The molecule has 5 rings (SSSR count). The van der Waals surface area contributed by atoms with Crippen LogP contribution in [0, 0.1) is 0 Å². The molecule has 2 amide bonds. The number of nitrogens with one attached hydrogen (secondary N) is 1. The van der Waals surface area contributed by atoms with Gasteiger partial charge in [-0.1, -0.05) is 18.9 Å². The number of carbonyl (C=O) groups is 2. The second-order valence-electron chi connectivity index (χ2n) is 10.0. The minimum Gasteiger partial charge on any atom is -0.361 e. The molecule has 0 unspecified atom stereocenters. The van der Waals surface area contributed by atoms with Gasteiger partial charge >= 0.3 is 0 Å². The number of likely N-dealkylation sites (tertiary alicyclic amines) is 1. The highest BCUT2D eigenvalue weighted by atomic mass is 16.2. The first-order valence-electron chi connectivity index (χ1n) is 13.1. The molecule has 0 spiro atoms. The van der Waals surface area contributed by atoms with E-state index in [0.29, 0.717) is 17.8 Å². The fourth-order valence-electron chi connectivity index (χ4n) is 5.81. The molecule has 0 bridgehead atoms. The fourth-order valence-corrected chi connectivity index (χ4v) is 5.81. The molecule has 3 aliphatic rings. The van der Waals surface area contributed by atoms with E-state index in [1.807, 2.05) is 28.0 Å². The number of amides is 2. The zero-order chi connectivity index (χ0) is 23.7. The third-order valence-electron chi connectivity index (χ3n) is 7.94. The summed E-state index contributed by atoms with van der Waals surface area (Å²) < 4.78 is 7.81. The summed E-state index contributed by atoms with van der Waals surface area (Å²) in [6.07, 6.45) is 6.89. The van der Waals surface area contributed by atoms with Crippen LogP contribution in [0.15, 0.2) is 30.4 Å². The van der Waals surface area contributed by atoms with Crippen LogP contribution < -0.4 is 0 Å². The van der Waals surface area contributed by atoms with Crippen molar-refractivity contribution in [2.24, 2.45) is 0 Å². The summed E-state index contributed by atoms with van der Waals surface area (Å²) in [6, 6.07) is 8.05. The molecule has 7 heteroatoms. The zero-order valence-corrected chi connectivity index (χ0v) is 19.8. The maximum atomic E-state index is 13.6. The number of fused-ring (bicyclic) bond motifs is 1.